The average molecular weight is 170 g/mol. The van der Waals surface area contributed by atoms with Gasteiger partial charge in [-0.1, -0.05) is 6.92 Å². The highest BCUT2D eigenvalue weighted by molar-refractivity contribution is 5.74. The van der Waals surface area contributed by atoms with Crippen LogP contribution < -0.4 is 5.73 Å². The highest BCUT2D eigenvalue weighted by Gasteiger charge is 2.31. The van der Waals surface area contributed by atoms with E-state index in [0.29, 0.717) is 11.8 Å². The van der Waals surface area contributed by atoms with Crippen LogP contribution in [0.15, 0.2) is 0 Å². The molecule has 1 atom stereocenters. The van der Waals surface area contributed by atoms with Gasteiger partial charge in [-0.05, 0) is 24.8 Å². The van der Waals surface area contributed by atoms with Crippen LogP contribution in [0.1, 0.15) is 20.3 Å². The Balaban J connectivity index is 2.20. The molecule has 0 aromatic heterocycles. The maximum atomic E-state index is 10.9. The standard InChI is InChI=1S/C9H18N2O/c1-7(3-4-10)9-5-11(6-9)8(2)12/h7,9H,3-6,10H2,1-2H3. The fourth-order valence-electron chi connectivity index (χ4n) is 1.63. The molecule has 3 heteroatoms. The maximum absolute atomic E-state index is 10.9. The molecule has 0 aliphatic carbocycles. The summed E-state index contributed by atoms with van der Waals surface area (Å²) in [5, 5.41) is 0. The molecule has 1 amide bonds. The maximum Gasteiger partial charge on any atom is 0.219 e. The van der Waals surface area contributed by atoms with Crippen molar-refractivity contribution in [2.75, 3.05) is 19.6 Å². The number of nitrogens with two attached hydrogens (primary N) is 1. The second-order valence-corrected chi connectivity index (χ2v) is 3.74. The Morgan fingerprint density at radius 2 is 2.25 bits per heavy atom. The van der Waals surface area contributed by atoms with Crippen molar-refractivity contribution >= 4 is 5.91 Å². The minimum absolute atomic E-state index is 0.200. The average Bonchev–Trinajstić information content (AvgIpc) is 1.82. The summed E-state index contributed by atoms with van der Waals surface area (Å²) in [5.41, 5.74) is 5.46. The van der Waals surface area contributed by atoms with Gasteiger partial charge in [-0.25, -0.2) is 0 Å². The van der Waals surface area contributed by atoms with Gasteiger partial charge >= 0.3 is 0 Å². The summed E-state index contributed by atoms with van der Waals surface area (Å²) in [6, 6.07) is 0. The smallest absolute Gasteiger partial charge is 0.219 e. The van der Waals surface area contributed by atoms with E-state index in [4.69, 9.17) is 5.73 Å². The minimum atomic E-state index is 0.200. The van der Waals surface area contributed by atoms with Crippen LogP contribution in [0.5, 0.6) is 0 Å². The van der Waals surface area contributed by atoms with Crippen LogP contribution in [-0.2, 0) is 4.79 Å². The van der Waals surface area contributed by atoms with Crippen molar-refractivity contribution < 1.29 is 4.79 Å². The summed E-state index contributed by atoms with van der Waals surface area (Å²) >= 11 is 0. The lowest BCUT2D eigenvalue weighted by Crippen LogP contribution is -2.51. The quantitative estimate of drug-likeness (QED) is 0.668. The SMILES string of the molecule is CC(=O)N1CC(C(C)CCN)C1. The largest absolute Gasteiger partial charge is 0.342 e. The molecule has 1 saturated heterocycles. The van der Waals surface area contributed by atoms with Crippen molar-refractivity contribution in [2.45, 2.75) is 20.3 Å². The lowest BCUT2D eigenvalue weighted by Gasteiger charge is -2.42. The predicted octanol–water partition coefficient (Wildman–Crippen LogP) is 0.450. The first-order valence-electron chi connectivity index (χ1n) is 4.60. The first-order valence-corrected chi connectivity index (χ1v) is 4.60. The minimum Gasteiger partial charge on any atom is -0.342 e. The van der Waals surface area contributed by atoms with Gasteiger partial charge in [-0.15, -0.1) is 0 Å². The second kappa shape index (κ2) is 3.90. The second-order valence-electron chi connectivity index (χ2n) is 3.74. The summed E-state index contributed by atoms with van der Waals surface area (Å²) in [6.45, 7) is 6.49. The molecule has 70 valence electrons. The zero-order chi connectivity index (χ0) is 9.14. The Morgan fingerprint density at radius 1 is 1.67 bits per heavy atom. The molecule has 12 heavy (non-hydrogen) atoms. The molecular weight excluding hydrogens is 152 g/mol. The van der Waals surface area contributed by atoms with Crippen molar-refractivity contribution in [3.05, 3.63) is 0 Å². The van der Waals surface area contributed by atoms with Gasteiger partial charge in [0.05, 0.1) is 0 Å². The highest BCUT2D eigenvalue weighted by Crippen LogP contribution is 2.25. The van der Waals surface area contributed by atoms with E-state index >= 15 is 0 Å². The van der Waals surface area contributed by atoms with Gasteiger partial charge in [0.2, 0.25) is 5.91 Å². The fourth-order valence-corrected chi connectivity index (χ4v) is 1.63. The Bertz CT molecular complexity index is 164. The van der Waals surface area contributed by atoms with Crippen LogP contribution in [-0.4, -0.2) is 30.4 Å². The van der Waals surface area contributed by atoms with Gasteiger partial charge < -0.3 is 10.6 Å². The molecule has 0 radical (unpaired) electrons. The number of hydrogen-bond donors (Lipinski definition) is 1. The molecule has 1 aliphatic heterocycles. The van der Waals surface area contributed by atoms with Crippen molar-refractivity contribution in [3.8, 4) is 0 Å². The van der Waals surface area contributed by atoms with Crippen LogP contribution >= 0.6 is 0 Å². The number of hydrogen-bond acceptors (Lipinski definition) is 2. The number of nitrogens with zero attached hydrogens (tertiary/aromatic N) is 1. The van der Waals surface area contributed by atoms with E-state index in [1.807, 2.05) is 4.90 Å². The van der Waals surface area contributed by atoms with Gasteiger partial charge in [0.1, 0.15) is 0 Å². The molecule has 0 aromatic rings. The fraction of sp³-hybridized carbons (Fsp3) is 0.889. The zero-order valence-corrected chi connectivity index (χ0v) is 7.92. The molecule has 1 aliphatic rings. The van der Waals surface area contributed by atoms with E-state index < -0.39 is 0 Å². The summed E-state index contributed by atoms with van der Waals surface area (Å²) in [4.78, 5) is 12.7. The van der Waals surface area contributed by atoms with Crippen molar-refractivity contribution in [1.29, 1.82) is 0 Å². The topological polar surface area (TPSA) is 46.3 Å². The van der Waals surface area contributed by atoms with Crippen LogP contribution in [0.4, 0.5) is 0 Å². The highest BCUT2D eigenvalue weighted by atomic mass is 16.2. The monoisotopic (exact) mass is 170 g/mol. The number of carbonyl (C=O) groups is 1. The number of carbonyl (C=O) groups excluding carboxylic acids is 1. The van der Waals surface area contributed by atoms with Crippen molar-refractivity contribution in [3.63, 3.8) is 0 Å². The number of rotatable bonds is 3. The van der Waals surface area contributed by atoms with E-state index in [0.717, 1.165) is 26.1 Å². The summed E-state index contributed by atoms with van der Waals surface area (Å²) in [5.74, 6) is 1.56. The zero-order valence-electron chi connectivity index (χ0n) is 7.92. The van der Waals surface area contributed by atoms with E-state index in [1.165, 1.54) is 0 Å². The van der Waals surface area contributed by atoms with E-state index in [2.05, 4.69) is 6.92 Å². The molecule has 3 nitrogen and oxygen atoms in total. The summed E-state index contributed by atoms with van der Waals surface area (Å²) in [6.07, 6.45) is 1.08. The lowest BCUT2D eigenvalue weighted by molar-refractivity contribution is -0.136. The third kappa shape index (κ3) is 1.97. The van der Waals surface area contributed by atoms with E-state index in [-0.39, 0.29) is 5.91 Å². The van der Waals surface area contributed by atoms with E-state index in [9.17, 15) is 4.79 Å². The molecular formula is C9H18N2O. The van der Waals surface area contributed by atoms with Crippen LogP contribution in [0.3, 0.4) is 0 Å². The third-order valence-corrected chi connectivity index (χ3v) is 2.78. The molecule has 2 N–H and O–H groups in total. The van der Waals surface area contributed by atoms with Crippen molar-refractivity contribution in [2.24, 2.45) is 17.6 Å². The molecule has 0 bridgehead atoms. The molecule has 0 aromatic carbocycles. The van der Waals surface area contributed by atoms with Crippen LogP contribution in [0, 0.1) is 11.8 Å². The molecule has 1 fully saturated rings. The summed E-state index contributed by atoms with van der Waals surface area (Å²) in [7, 11) is 0. The van der Waals surface area contributed by atoms with Gasteiger partial charge in [0.15, 0.2) is 0 Å². The van der Waals surface area contributed by atoms with E-state index in [1.54, 1.807) is 6.92 Å². The molecule has 1 rings (SSSR count). The van der Waals surface area contributed by atoms with Crippen LogP contribution in [0.25, 0.3) is 0 Å². The van der Waals surface area contributed by atoms with Gasteiger partial charge in [-0.2, -0.15) is 0 Å². The Morgan fingerprint density at radius 3 is 2.67 bits per heavy atom. The normalized spacial score (nSPS) is 20.4. The lowest BCUT2D eigenvalue weighted by atomic mass is 9.85. The Hall–Kier alpha value is -0.570. The van der Waals surface area contributed by atoms with Gasteiger partial charge in [0, 0.05) is 20.0 Å². The predicted molar refractivity (Wildman–Crippen MR) is 48.6 cm³/mol. The first kappa shape index (κ1) is 9.52. The summed E-state index contributed by atoms with van der Waals surface area (Å²) < 4.78 is 0. The number of likely N-dealkylation sites (tertiary alicyclic amines) is 1. The van der Waals surface area contributed by atoms with Crippen LogP contribution in [0.2, 0.25) is 0 Å². The van der Waals surface area contributed by atoms with Crippen molar-refractivity contribution in [1.82, 2.24) is 4.90 Å². The molecule has 0 spiro atoms. The molecule has 1 unspecified atom stereocenters. The molecule has 0 saturated carbocycles. The third-order valence-electron chi connectivity index (χ3n) is 2.78. The first-order chi connectivity index (χ1) is 5.65. The molecule has 1 heterocycles. The van der Waals surface area contributed by atoms with Gasteiger partial charge in [0.25, 0.3) is 0 Å². The van der Waals surface area contributed by atoms with Gasteiger partial charge in [-0.3, -0.25) is 4.79 Å². The number of amides is 1. The Labute approximate surface area is 73.9 Å². The Kier molecular flexibility index (Phi) is 3.09.